The van der Waals surface area contributed by atoms with E-state index in [2.05, 4.69) is 32.7 Å². The van der Waals surface area contributed by atoms with E-state index in [0.717, 1.165) is 43.3 Å². The van der Waals surface area contributed by atoms with Gasteiger partial charge in [-0.05, 0) is 50.4 Å². The van der Waals surface area contributed by atoms with Crippen LogP contribution in [0.4, 0.5) is 5.69 Å². The molecule has 2 N–H and O–H groups in total. The Morgan fingerprint density at radius 3 is 2.67 bits per heavy atom. The maximum Gasteiger partial charge on any atom is 0.286 e. The first-order valence-electron chi connectivity index (χ1n) is 9.32. The Kier molecular flexibility index (Phi) is 6.89. The van der Waals surface area contributed by atoms with Crippen LogP contribution in [0.5, 0.6) is 0 Å². The van der Waals surface area contributed by atoms with Crippen molar-refractivity contribution in [3.05, 3.63) is 40.3 Å². The highest BCUT2D eigenvalue weighted by molar-refractivity contribution is 7.15. The third-order valence-corrected chi connectivity index (χ3v) is 5.44. The van der Waals surface area contributed by atoms with Crippen LogP contribution in [-0.2, 0) is 0 Å². The number of hydrogen-bond acceptors (Lipinski definition) is 6. The summed E-state index contributed by atoms with van der Waals surface area (Å²) in [6.07, 6.45) is 3.47. The van der Waals surface area contributed by atoms with Crippen LogP contribution in [0.15, 0.2) is 30.3 Å². The second-order valence-corrected chi connectivity index (χ2v) is 7.87. The maximum atomic E-state index is 12.2. The fourth-order valence-electron chi connectivity index (χ4n) is 3.18. The zero-order valence-corrected chi connectivity index (χ0v) is 16.3. The molecular formula is C19H25N5O2S. The summed E-state index contributed by atoms with van der Waals surface area (Å²) in [4.78, 5) is 26.8. The Morgan fingerprint density at radius 2 is 1.93 bits per heavy atom. The van der Waals surface area contributed by atoms with Crippen LogP contribution in [0.2, 0.25) is 0 Å². The number of hydrogen-bond donors (Lipinski definition) is 2. The lowest BCUT2D eigenvalue weighted by molar-refractivity contribution is 0.0947. The number of benzene rings is 1. The molecule has 0 bridgehead atoms. The van der Waals surface area contributed by atoms with Gasteiger partial charge in [0.05, 0.1) is 0 Å². The first kappa shape index (κ1) is 19.4. The highest BCUT2D eigenvalue weighted by Crippen LogP contribution is 2.15. The van der Waals surface area contributed by atoms with Crippen LogP contribution in [0.1, 0.15) is 45.8 Å². The van der Waals surface area contributed by atoms with Crippen LogP contribution in [0.3, 0.4) is 0 Å². The van der Waals surface area contributed by atoms with Gasteiger partial charge in [-0.1, -0.05) is 36.5 Å². The third kappa shape index (κ3) is 5.83. The minimum absolute atomic E-state index is 0.173. The van der Waals surface area contributed by atoms with Crippen molar-refractivity contribution in [2.75, 3.05) is 31.5 Å². The number of nitrogens with one attached hydrogen (secondary N) is 2. The number of anilines is 1. The molecule has 1 atom stereocenters. The van der Waals surface area contributed by atoms with Crippen molar-refractivity contribution in [3.63, 3.8) is 0 Å². The van der Waals surface area contributed by atoms with Crippen LogP contribution < -0.4 is 10.6 Å². The van der Waals surface area contributed by atoms with Gasteiger partial charge in [0.25, 0.3) is 11.8 Å². The number of carbonyl (C=O) groups is 2. The standard InChI is InChI=1S/C19H25N5O2S/c1-14-7-5-11-24(13-14)12-6-10-20-16(25)18-22-23-19(27-18)17(26)21-15-8-3-2-4-9-15/h2-4,8-9,14H,5-7,10-13H2,1H3,(H,20,25)(H,21,26)/t14-/m0/s1. The monoisotopic (exact) mass is 387 g/mol. The van der Waals surface area contributed by atoms with E-state index in [9.17, 15) is 9.59 Å². The normalized spacial score (nSPS) is 17.4. The number of aromatic nitrogens is 2. The van der Waals surface area contributed by atoms with Gasteiger partial charge in [-0.15, -0.1) is 10.2 Å². The topological polar surface area (TPSA) is 87.2 Å². The average molecular weight is 388 g/mol. The van der Waals surface area contributed by atoms with Crippen LogP contribution in [0, 0.1) is 5.92 Å². The first-order valence-corrected chi connectivity index (χ1v) is 10.1. The smallest absolute Gasteiger partial charge is 0.286 e. The Balaban J connectivity index is 1.42. The predicted molar refractivity (Wildman–Crippen MR) is 106 cm³/mol. The van der Waals surface area contributed by atoms with Gasteiger partial charge in [0.15, 0.2) is 0 Å². The van der Waals surface area contributed by atoms with Crippen LogP contribution in [-0.4, -0.2) is 53.1 Å². The van der Waals surface area contributed by atoms with Crippen molar-refractivity contribution in [1.29, 1.82) is 0 Å². The number of carbonyl (C=O) groups excluding carboxylic acids is 2. The minimum Gasteiger partial charge on any atom is -0.350 e. The van der Waals surface area contributed by atoms with Gasteiger partial charge in [0.1, 0.15) is 0 Å². The lowest BCUT2D eigenvalue weighted by Crippen LogP contribution is -2.36. The molecule has 144 valence electrons. The van der Waals surface area contributed by atoms with Gasteiger partial charge in [0.2, 0.25) is 10.0 Å². The summed E-state index contributed by atoms with van der Waals surface area (Å²) in [5.41, 5.74) is 0.677. The molecular weight excluding hydrogens is 362 g/mol. The summed E-state index contributed by atoms with van der Waals surface area (Å²) in [6.45, 7) is 6.16. The van der Waals surface area contributed by atoms with E-state index in [1.807, 2.05) is 18.2 Å². The largest absolute Gasteiger partial charge is 0.350 e. The van der Waals surface area contributed by atoms with Crippen LogP contribution >= 0.6 is 11.3 Å². The van der Waals surface area contributed by atoms with E-state index in [1.165, 1.54) is 12.8 Å². The zero-order chi connectivity index (χ0) is 19.1. The van der Waals surface area contributed by atoms with E-state index in [4.69, 9.17) is 0 Å². The lowest BCUT2D eigenvalue weighted by atomic mass is 10.0. The quantitative estimate of drug-likeness (QED) is 0.713. The molecule has 0 saturated carbocycles. The zero-order valence-electron chi connectivity index (χ0n) is 15.5. The summed E-state index contributed by atoms with van der Waals surface area (Å²) in [5.74, 6) is 0.116. The van der Waals surface area contributed by atoms with Crippen molar-refractivity contribution in [1.82, 2.24) is 20.4 Å². The molecule has 7 nitrogen and oxygen atoms in total. The van der Waals surface area contributed by atoms with Crippen molar-refractivity contribution < 1.29 is 9.59 Å². The number of nitrogens with zero attached hydrogens (tertiary/aromatic N) is 3. The fraction of sp³-hybridized carbons (Fsp3) is 0.474. The molecule has 8 heteroatoms. The number of rotatable bonds is 7. The molecule has 1 saturated heterocycles. The van der Waals surface area contributed by atoms with Gasteiger partial charge in [-0.25, -0.2) is 0 Å². The summed E-state index contributed by atoms with van der Waals surface area (Å²) in [6, 6.07) is 9.11. The predicted octanol–water partition coefficient (Wildman–Crippen LogP) is 2.64. The molecule has 27 heavy (non-hydrogen) atoms. The fourth-order valence-corrected chi connectivity index (χ4v) is 3.84. The second-order valence-electron chi connectivity index (χ2n) is 6.89. The summed E-state index contributed by atoms with van der Waals surface area (Å²) < 4.78 is 0. The number of para-hydroxylation sites is 1. The molecule has 2 heterocycles. The number of amides is 2. The molecule has 3 rings (SSSR count). The summed E-state index contributed by atoms with van der Waals surface area (Å²) >= 11 is 0.998. The Hall–Kier alpha value is -2.32. The molecule has 1 aliphatic rings. The molecule has 0 radical (unpaired) electrons. The van der Waals surface area contributed by atoms with E-state index in [0.29, 0.717) is 12.2 Å². The van der Waals surface area contributed by atoms with E-state index in [1.54, 1.807) is 12.1 Å². The van der Waals surface area contributed by atoms with E-state index < -0.39 is 0 Å². The molecule has 1 aromatic carbocycles. The van der Waals surface area contributed by atoms with Crippen molar-refractivity contribution in [2.45, 2.75) is 26.2 Å². The average Bonchev–Trinajstić information content (AvgIpc) is 3.16. The van der Waals surface area contributed by atoms with Crippen molar-refractivity contribution in [3.8, 4) is 0 Å². The highest BCUT2D eigenvalue weighted by atomic mass is 32.1. The Labute approximate surface area is 163 Å². The van der Waals surface area contributed by atoms with Gasteiger partial charge >= 0.3 is 0 Å². The van der Waals surface area contributed by atoms with Gasteiger partial charge in [-0.2, -0.15) is 0 Å². The summed E-state index contributed by atoms with van der Waals surface area (Å²) in [7, 11) is 0. The third-order valence-electron chi connectivity index (χ3n) is 4.52. The highest BCUT2D eigenvalue weighted by Gasteiger charge is 2.18. The molecule has 1 fully saturated rings. The Morgan fingerprint density at radius 1 is 1.19 bits per heavy atom. The van der Waals surface area contributed by atoms with Gasteiger partial charge in [0, 0.05) is 18.8 Å². The molecule has 2 amide bonds. The van der Waals surface area contributed by atoms with Gasteiger partial charge < -0.3 is 15.5 Å². The molecule has 0 unspecified atom stereocenters. The van der Waals surface area contributed by atoms with Crippen molar-refractivity contribution >= 4 is 28.8 Å². The minimum atomic E-state index is -0.364. The molecule has 0 aliphatic carbocycles. The Bertz CT molecular complexity index is 764. The van der Waals surface area contributed by atoms with Gasteiger partial charge in [-0.3, -0.25) is 9.59 Å². The SMILES string of the molecule is C[C@H]1CCCN(CCCNC(=O)c2nnc(C(=O)Nc3ccccc3)s2)C1. The second kappa shape index (κ2) is 9.57. The lowest BCUT2D eigenvalue weighted by Gasteiger charge is -2.30. The van der Waals surface area contributed by atoms with Crippen molar-refractivity contribution in [2.24, 2.45) is 5.92 Å². The summed E-state index contributed by atoms with van der Waals surface area (Å²) in [5, 5.41) is 13.7. The number of likely N-dealkylation sites (tertiary alicyclic amines) is 1. The molecule has 1 aliphatic heterocycles. The van der Waals surface area contributed by atoms with Crippen LogP contribution in [0.25, 0.3) is 0 Å². The first-order chi connectivity index (χ1) is 13.1. The molecule has 0 spiro atoms. The molecule has 1 aromatic heterocycles. The van der Waals surface area contributed by atoms with E-state index in [-0.39, 0.29) is 21.8 Å². The maximum absolute atomic E-state index is 12.2. The molecule has 2 aromatic rings. The van der Waals surface area contributed by atoms with E-state index >= 15 is 0 Å². The number of piperidine rings is 1.